The van der Waals surface area contributed by atoms with Crippen LogP contribution >= 0.6 is 0 Å². The molecular weight excluding hydrogens is 178 g/mol. The van der Waals surface area contributed by atoms with Crippen molar-refractivity contribution in [2.75, 3.05) is 33.7 Å². The summed E-state index contributed by atoms with van der Waals surface area (Å²) >= 11 is 0. The smallest absolute Gasteiger partial charge is 0.238 e. The Bertz CT molecular complexity index is 206. The summed E-state index contributed by atoms with van der Waals surface area (Å²) in [6.45, 7) is 4.81. The number of amides is 1. The summed E-state index contributed by atoms with van der Waals surface area (Å²) in [5.74, 6) is 0.659. The predicted octanol–water partition coefficient (Wildman–Crippen LogP) is -0.256. The summed E-state index contributed by atoms with van der Waals surface area (Å²) < 4.78 is 0. The molecule has 2 N–H and O–H groups in total. The Morgan fingerprint density at radius 2 is 2.36 bits per heavy atom. The van der Waals surface area contributed by atoms with Gasteiger partial charge in [-0.15, -0.1) is 0 Å². The largest absolute Gasteiger partial charge is 0.344 e. The van der Waals surface area contributed by atoms with Crippen molar-refractivity contribution < 1.29 is 4.79 Å². The molecule has 0 spiro atoms. The van der Waals surface area contributed by atoms with Crippen molar-refractivity contribution in [1.82, 2.24) is 9.80 Å². The van der Waals surface area contributed by atoms with E-state index in [4.69, 9.17) is 5.73 Å². The van der Waals surface area contributed by atoms with Crippen molar-refractivity contribution in [2.24, 2.45) is 11.7 Å². The summed E-state index contributed by atoms with van der Waals surface area (Å²) in [5, 5.41) is 0. The fourth-order valence-electron chi connectivity index (χ4n) is 2.00. The Balaban J connectivity index is 2.33. The fourth-order valence-corrected chi connectivity index (χ4v) is 2.00. The zero-order chi connectivity index (χ0) is 10.7. The van der Waals surface area contributed by atoms with E-state index in [0.29, 0.717) is 5.92 Å². The summed E-state index contributed by atoms with van der Waals surface area (Å²) in [6, 6.07) is -0.376. The van der Waals surface area contributed by atoms with Crippen LogP contribution in [0.1, 0.15) is 13.3 Å². The first-order valence-electron chi connectivity index (χ1n) is 5.19. The Kier molecular flexibility index (Phi) is 3.89. The summed E-state index contributed by atoms with van der Waals surface area (Å²) in [7, 11) is 3.96. The van der Waals surface area contributed by atoms with E-state index in [0.717, 1.165) is 19.6 Å². The van der Waals surface area contributed by atoms with Crippen LogP contribution < -0.4 is 5.73 Å². The van der Waals surface area contributed by atoms with Crippen LogP contribution in [0.5, 0.6) is 0 Å². The number of hydrogen-bond donors (Lipinski definition) is 1. The second-order valence-corrected chi connectivity index (χ2v) is 4.42. The molecule has 14 heavy (non-hydrogen) atoms. The van der Waals surface area contributed by atoms with Crippen molar-refractivity contribution in [2.45, 2.75) is 19.4 Å². The quantitative estimate of drug-likeness (QED) is 0.681. The normalized spacial score (nSPS) is 25.0. The van der Waals surface area contributed by atoms with Gasteiger partial charge in [-0.3, -0.25) is 4.79 Å². The average molecular weight is 199 g/mol. The van der Waals surface area contributed by atoms with E-state index in [9.17, 15) is 4.79 Å². The standard InChI is InChI=1S/C10H21N3O/c1-8(11)10(14)13(3)7-9-4-5-12(2)6-9/h8-9H,4-7,11H2,1-3H3/t8-,9-/m0/s1. The van der Waals surface area contributed by atoms with Crippen LogP contribution in [0.4, 0.5) is 0 Å². The van der Waals surface area contributed by atoms with Crippen LogP contribution in [0.2, 0.25) is 0 Å². The Morgan fingerprint density at radius 1 is 1.71 bits per heavy atom. The lowest BCUT2D eigenvalue weighted by atomic mass is 10.1. The van der Waals surface area contributed by atoms with Gasteiger partial charge in [-0.25, -0.2) is 0 Å². The molecule has 4 nitrogen and oxygen atoms in total. The monoisotopic (exact) mass is 199 g/mol. The van der Waals surface area contributed by atoms with Gasteiger partial charge < -0.3 is 15.5 Å². The lowest BCUT2D eigenvalue weighted by Crippen LogP contribution is -2.42. The van der Waals surface area contributed by atoms with Gasteiger partial charge in [0.2, 0.25) is 5.91 Å². The molecule has 1 rings (SSSR count). The zero-order valence-electron chi connectivity index (χ0n) is 9.36. The van der Waals surface area contributed by atoms with Gasteiger partial charge in [0.15, 0.2) is 0 Å². The molecule has 2 atom stereocenters. The maximum Gasteiger partial charge on any atom is 0.238 e. The van der Waals surface area contributed by atoms with Gasteiger partial charge in [0.1, 0.15) is 0 Å². The van der Waals surface area contributed by atoms with Crippen LogP contribution in [0.25, 0.3) is 0 Å². The second-order valence-electron chi connectivity index (χ2n) is 4.42. The molecule has 1 saturated heterocycles. The van der Waals surface area contributed by atoms with E-state index < -0.39 is 0 Å². The van der Waals surface area contributed by atoms with Gasteiger partial charge >= 0.3 is 0 Å². The third kappa shape index (κ3) is 2.96. The minimum absolute atomic E-state index is 0.0413. The molecule has 4 heteroatoms. The number of nitrogens with zero attached hydrogens (tertiary/aromatic N) is 2. The van der Waals surface area contributed by atoms with Crippen LogP contribution in [-0.2, 0) is 4.79 Å². The first-order chi connectivity index (χ1) is 6.50. The first-order valence-corrected chi connectivity index (χ1v) is 5.19. The fraction of sp³-hybridized carbons (Fsp3) is 0.900. The summed E-state index contributed by atoms with van der Waals surface area (Å²) in [5.41, 5.74) is 5.54. The number of carbonyl (C=O) groups excluding carboxylic acids is 1. The molecule has 0 aromatic rings. The molecule has 0 unspecified atom stereocenters. The van der Waals surface area contributed by atoms with E-state index in [1.165, 1.54) is 6.42 Å². The lowest BCUT2D eigenvalue weighted by molar-refractivity contribution is -0.131. The topological polar surface area (TPSA) is 49.6 Å². The van der Waals surface area contributed by atoms with Gasteiger partial charge in [-0.2, -0.15) is 0 Å². The molecular formula is C10H21N3O. The molecule has 1 aliphatic heterocycles. The SMILES string of the molecule is C[C@H](N)C(=O)N(C)C[C@H]1CCN(C)C1. The van der Waals surface area contributed by atoms with E-state index in [2.05, 4.69) is 11.9 Å². The van der Waals surface area contributed by atoms with Gasteiger partial charge in [-0.1, -0.05) is 0 Å². The summed E-state index contributed by atoms with van der Waals surface area (Å²) in [6.07, 6.45) is 1.19. The van der Waals surface area contributed by atoms with Crippen molar-refractivity contribution in [3.8, 4) is 0 Å². The van der Waals surface area contributed by atoms with Crippen LogP contribution in [-0.4, -0.2) is 55.5 Å². The Labute approximate surface area is 86.0 Å². The van der Waals surface area contributed by atoms with Gasteiger partial charge in [0.25, 0.3) is 0 Å². The van der Waals surface area contributed by atoms with Crippen molar-refractivity contribution in [3.05, 3.63) is 0 Å². The van der Waals surface area contributed by atoms with Crippen molar-refractivity contribution in [1.29, 1.82) is 0 Å². The molecule has 0 radical (unpaired) electrons. The van der Waals surface area contributed by atoms with Crippen LogP contribution in [0.15, 0.2) is 0 Å². The number of hydrogen-bond acceptors (Lipinski definition) is 3. The third-order valence-electron chi connectivity index (χ3n) is 2.79. The molecule has 0 saturated carbocycles. The molecule has 1 fully saturated rings. The van der Waals surface area contributed by atoms with Crippen molar-refractivity contribution >= 4 is 5.91 Å². The molecule has 1 amide bonds. The lowest BCUT2D eigenvalue weighted by Gasteiger charge is -2.22. The maximum absolute atomic E-state index is 11.5. The first kappa shape index (κ1) is 11.5. The van der Waals surface area contributed by atoms with Crippen LogP contribution in [0.3, 0.4) is 0 Å². The highest BCUT2D eigenvalue weighted by Gasteiger charge is 2.23. The Hall–Kier alpha value is -0.610. The molecule has 0 aliphatic carbocycles. The predicted molar refractivity (Wildman–Crippen MR) is 56.9 cm³/mol. The highest BCUT2D eigenvalue weighted by atomic mass is 16.2. The zero-order valence-corrected chi connectivity index (χ0v) is 9.36. The second kappa shape index (κ2) is 4.75. The number of likely N-dealkylation sites (N-methyl/N-ethyl adjacent to an activating group) is 1. The molecule has 1 heterocycles. The van der Waals surface area contributed by atoms with Gasteiger partial charge in [0.05, 0.1) is 6.04 Å². The molecule has 1 aliphatic rings. The molecule has 0 bridgehead atoms. The van der Waals surface area contributed by atoms with Crippen LogP contribution in [0, 0.1) is 5.92 Å². The minimum atomic E-state index is -0.376. The average Bonchev–Trinajstić information content (AvgIpc) is 2.49. The molecule has 82 valence electrons. The van der Waals surface area contributed by atoms with E-state index >= 15 is 0 Å². The number of rotatable bonds is 3. The Morgan fingerprint density at radius 3 is 2.79 bits per heavy atom. The number of likely N-dealkylation sites (tertiary alicyclic amines) is 1. The number of carbonyl (C=O) groups is 1. The summed E-state index contributed by atoms with van der Waals surface area (Å²) in [4.78, 5) is 15.6. The molecule has 0 aromatic heterocycles. The van der Waals surface area contributed by atoms with Gasteiger partial charge in [-0.05, 0) is 32.9 Å². The van der Waals surface area contributed by atoms with E-state index in [1.807, 2.05) is 7.05 Å². The van der Waals surface area contributed by atoms with E-state index in [-0.39, 0.29) is 11.9 Å². The van der Waals surface area contributed by atoms with Crippen molar-refractivity contribution in [3.63, 3.8) is 0 Å². The maximum atomic E-state index is 11.5. The minimum Gasteiger partial charge on any atom is -0.344 e. The third-order valence-corrected chi connectivity index (χ3v) is 2.79. The molecule has 0 aromatic carbocycles. The highest BCUT2D eigenvalue weighted by molar-refractivity contribution is 5.80. The highest BCUT2D eigenvalue weighted by Crippen LogP contribution is 2.15. The number of nitrogens with two attached hydrogens (primary N) is 1. The van der Waals surface area contributed by atoms with E-state index in [1.54, 1.807) is 11.8 Å². The van der Waals surface area contributed by atoms with Gasteiger partial charge in [0, 0.05) is 20.1 Å².